The molecule has 0 spiro atoms. The molecule has 0 heterocycles. The minimum atomic E-state index is -1.77. The minimum absolute atomic E-state index is 0.240. The van der Waals surface area contributed by atoms with Crippen LogP contribution in [0, 0.1) is 3.57 Å². The largest absolute Gasteiger partial charge is 0.543 e. The first-order valence-corrected chi connectivity index (χ1v) is 9.01. The van der Waals surface area contributed by atoms with Crippen molar-refractivity contribution < 1.29 is 14.3 Å². The molecule has 0 fully saturated rings. The molecule has 0 atom stereocenters. The Hall–Kier alpha value is -0.563. The quantitative estimate of drug-likeness (QED) is 0.681. The zero-order valence-electron chi connectivity index (χ0n) is 8.87. The third-order valence-corrected chi connectivity index (χ3v) is 3.27. The standard InChI is InChI=1S/C10H13IO3Si/c1-15(2,3)14-9-7(10(12)13)5-4-6-8(9)11/h4-6H,1-3H3,(H,12,13). The second-order valence-electron chi connectivity index (χ2n) is 4.14. The van der Waals surface area contributed by atoms with Gasteiger partial charge in [0, 0.05) is 0 Å². The fraction of sp³-hybridized carbons (Fsp3) is 0.300. The fourth-order valence-corrected chi connectivity index (χ4v) is 2.74. The highest BCUT2D eigenvalue weighted by Gasteiger charge is 2.22. The molecular weight excluding hydrogens is 323 g/mol. The van der Waals surface area contributed by atoms with Crippen molar-refractivity contribution in [3.8, 4) is 5.75 Å². The summed E-state index contributed by atoms with van der Waals surface area (Å²) in [5.41, 5.74) is 0.240. The van der Waals surface area contributed by atoms with E-state index in [9.17, 15) is 4.79 Å². The maximum absolute atomic E-state index is 11.0. The Morgan fingerprint density at radius 3 is 2.47 bits per heavy atom. The number of para-hydroxylation sites is 1. The molecular formula is C10H13IO3Si. The van der Waals surface area contributed by atoms with E-state index in [2.05, 4.69) is 22.6 Å². The van der Waals surface area contributed by atoms with Gasteiger partial charge in [0.05, 0.1) is 3.57 Å². The van der Waals surface area contributed by atoms with E-state index in [1.54, 1.807) is 12.1 Å². The molecule has 1 aromatic rings. The number of benzene rings is 1. The highest BCUT2D eigenvalue weighted by molar-refractivity contribution is 14.1. The van der Waals surface area contributed by atoms with Gasteiger partial charge in [-0.1, -0.05) is 6.07 Å². The molecule has 15 heavy (non-hydrogen) atoms. The topological polar surface area (TPSA) is 46.5 Å². The van der Waals surface area contributed by atoms with Gasteiger partial charge in [-0.25, -0.2) is 4.79 Å². The molecule has 0 saturated carbocycles. The van der Waals surface area contributed by atoms with Crippen LogP contribution in [0.3, 0.4) is 0 Å². The van der Waals surface area contributed by atoms with Gasteiger partial charge in [-0.2, -0.15) is 0 Å². The SMILES string of the molecule is C[Si](C)(C)Oc1c(I)cccc1C(=O)O. The molecule has 0 aliphatic rings. The third kappa shape index (κ3) is 3.49. The number of carboxylic acids is 1. The lowest BCUT2D eigenvalue weighted by molar-refractivity contribution is 0.0694. The van der Waals surface area contributed by atoms with Crippen molar-refractivity contribution in [2.45, 2.75) is 19.6 Å². The van der Waals surface area contributed by atoms with E-state index in [1.165, 1.54) is 0 Å². The van der Waals surface area contributed by atoms with Crippen molar-refractivity contribution in [1.82, 2.24) is 0 Å². The molecule has 0 aliphatic carbocycles. The Bertz CT molecular complexity index is 385. The molecule has 3 nitrogen and oxygen atoms in total. The smallest absolute Gasteiger partial charge is 0.339 e. The molecule has 0 unspecified atom stereocenters. The van der Waals surface area contributed by atoms with Gasteiger partial charge in [0.2, 0.25) is 8.32 Å². The van der Waals surface area contributed by atoms with Crippen molar-refractivity contribution in [1.29, 1.82) is 0 Å². The molecule has 1 rings (SSSR count). The molecule has 1 aromatic carbocycles. The molecule has 5 heteroatoms. The average Bonchev–Trinajstić information content (AvgIpc) is 2.05. The molecule has 0 aromatic heterocycles. The summed E-state index contributed by atoms with van der Waals surface area (Å²) in [5, 5.41) is 9.02. The van der Waals surface area contributed by atoms with E-state index in [1.807, 2.05) is 25.7 Å². The van der Waals surface area contributed by atoms with Crippen LogP contribution in [0.15, 0.2) is 18.2 Å². The third-order valence-electron chi connectivity index (χ3n) is 1.61. The van der Waals surface area contributed by atoms with E-state index in [-0.39, 0.29) is 5.56 Å². The van der Waals surface area contributed by atoms with E-state index >= 15 is 0 Å². The van der Waals surface area contributed by atoms with Gasteiger partial charge in [-0.15, -0.1) is 0 Å². The van der Waals surface area contributed by atoms with Gasteiger partial charge in [-0.3, -0.25) is 0 Å². The van der Waals surface area contributed by atoms with Crippen LogP contribution in [0.1, 0.15) is 10.4 Å². The van der Waals surface area contributed by atoms with Gasteiger partial charge < -0.3 is 9.53 Å². The predicted molar refractivity (Wildman–Crippen MR) is 70.1 cm³/mol. The summed E-state index contributed by atoms with van der Waals surface area (Å²) < 4.78 is 6.62. The van der Waals surface area contributed by atoms with Crippen LogP contribution >= 0.6 is 22.6 Å². The maximum atomic E-state index is 11.0. The van der Waals surface area contributed by atoms with Crippen LogP contribution in [-0.4, -0.2) is 19.4 Å². The van der Waals surface area contributed by atoms with Crippen LogP contribution in [0.4, 0.5) is 0 Å². The van der Waals surface area contributed by atoms with Crippen LogP contribution in [0.2, 0.25) is 19.6 Å². The summed E-state index contributed by atoms with van der Waals surface area (Å²) in [6.45, 7) is 6.09. The number of hydrogen-bond acceptors (Lipinski definition) is 2. The zero-order valence-corrected chi connectivity index (χ0v) is 12.0. The number of halogens is 1. The zero-order chi connectivity index (χ0) is 11.6. The maximum Gasteiger partial charge on any atom is 0.339 e. The van der Waals surface area contributed by atoms with Gasteiger partial charge in [-0.05, 0) is 54.4 Å². The van der Waals surface area contributed by atoms with Crippen molar-refractivity contribution >= 4 is 36.9 Å². The predicted octanol–water partition coefficient (Wildman–Crippen LogP) is 3.20. The Kier molecular flexibility index (Phi) is 3.77. The highest BCUT2D eigenvalue weighted by atomic mass is 127. The Balaban J connectivity index is 3.19. The lowest BCUT2D eigenvalue weighted by Crippen LogP contribution is -2.30. The van der Waals surface area contributed by atoms with Crippen molar-refractivity contribution in [3.63, 3.8) is 0 Å². The van der Waals surface area contributed by atoms with Crippen LogP contribution in [0.25, 0.3) is 0 Å². The highest BCUT2D eigenvalue weighted by Crippen LogP contribution is 2.28. The minimum Gasteiger partial charge on any atom is -0.543 e. The summed E-state index contributed by atoms with van der Waals surface area (Å²) >= 11 is 2.09. The van der Waals surface area contributed by atoms with Crippen LogP contribution in [0.5, 0.6) is 5.75 Å². The van der Waals surface area contributed by atoms with Gasteiger partial charge in [0.25, 0.3) is 0 Å². The normalized spacial score (nSPS) is 11.2. The summed E-state index contributed by atoms with van der Waals surface area (Å²) in [6.07, 6.45) is 0. The first-order chi connectivity index (χ1) is 6.81. The summed E-state index contributed by atoms with van der Waals surface area (Å²) in [4.78, 5) is 11.0. The number of rotatable bonds is 3. The van der Waals surface area contributed by atoms with Crippen molar-refractivity contribution in [2.24, 2.45) is 0 Å². The monoisotopic (exact) mass is 336 g/mol. The summed E-state index contributed by atoms with van der Waals surface area (Å²) in [5.74, 6) is -0.438. The van der Waals surface area contributed by atoms with Crippen molar-refractivity contribution in [3.05, 3.63) is 27.3 Å². The number of carboxylic acid groups (broad SMARTS) is 1. The summed E-state index contributed by atoms with van der Waals surface area (Å²) in [7, 11) is -1.77. The van der Waals surface area contributed by atoms with Crippen LogP contribution < -0.4 is 4.43 Å². The molecule has 0 aliphatic heterocycles. The second kappa shape index (κ2) is 4.52. The molecule has 1 N–H and O–H groups in total. The lowest BCUT2D eigenvalue weighted by atomic mass is 10.2. The molecule has 0 bridgehead atoms. The Morgan fingerprint density at radius 2 is 2.00 bits per heavy atom. The van der Waals surface area contributed by atoms with Crippen molar-refractivity contribution in [2.75, 3.05) is 0 Å². The molecule has 82 valence electrons. The lowest BCUT2D eigenvalue weighted by Gasteiger charge is -2.21. The first-order valence-electron chi connectivity index (χ1n) is 4.52. The second-order valence-corrected chi connectivity index (χ2v) is 9.73. The number of aromatic carboxylic acids is 1. The molecule has 0 radical (unpaired) electrons. The average molecular weight is 336 g/mol. The molecule has 0 saturated heterocycles. The van der Waals surface area contributed by atoms with Gasteiger partial charge >= 0.3 is 5.97 Å². The van der Waals surface area contributed by atoms with E-state index in [4.69, 9.17) is 9.53 Å². The summed E-state index contributed by atoms with van der Waals surface area (Å²) in [6, 6.07) is 5.14. The van der Waals surface area contributed by atoms with Crippen LogP contribution in [-0.2, 0) is 0 Å². The number of hydrogen-bond donors (Lipinski definition) is 1. The van der Waals surface area contributed by atoms with E-state index in [0.717, 1.165) is 3.57 Å². The van der Waals surface area contributed by atoms with Gasteiger partial charge in [0.15, 0.2) is 0 Å². The molecule has 0 amide bonds. The Morgan fingerprint density at radius 1 is 1.40 bits per heavy atom. The van der Waals surface area contributed by atoms with Gasteiger partial charge in [0.1, 0.15) is 11.3 Å². The number of carbonyl (C=O) groups is 1. The van der Waals surface area contributed by atoms with E-state index in [0.29, 0.717) is 5.75 Å². The van der Waals surface area contributed by atoms with E-state index < -0.39 is 14.3 Å². The Labute approximate surface area is 104 Å². The fourth-order valence-electron chi connectivity index (χ4n) is 1.09. The first kappa shape index (κ1) is 12.5.